The molecular formula is C15H26ClNO4. The van der Waals surface area contributed by atoms with Crippen LogP contribution in [0.15, 0.2) is 0 Å². The van der Waals surface area contributed by atoms with Crippen molar-refractivity contribution in [3.63, 3.8) is 0 Å². The fraction of sp³-hybridized carbons (Fsp3) is 0.867. The number of halogens is 1. The Balaban J connectivity index is 2.66. The van der Waals surface area contributed by atoms with Crippen LogP contribution in [0.2, 0.25) is 0 Å². The van der Waals surface area contributed by atoms with E-state index in [2.05, 4.69) is 0 Å². The molecule has 122 valence electrons. The second-order valence-electron chi connectivity index (χ2n) is 6.41. The number of piperidine rings is 1. The number of ether oxygens (including phenoxy) is 2. The van der Waals surface area contributed by atoms with E-state index in [0.717, 1.165) is 0 Å². The van der Waals surface area contributed by atoms with E-state index < -0.39 is 11.0 Å². The van der Waals surface area contributed by atoms with E-state index in [1.54, 1.807) is 11.8 Å². The molecule has 1 amide bonds. The van der Waals surface area contributed by atoms with Crippen molar-refractivity contribution >= 4 is 23.7 Å². The van der Waals surface area contributed by atoms with Gasteiger partial charge in [0.1, 0.15) is 5.60 Å². The molecular weight excluding hydrogens is 294 g/mol. The van der Waals surface area contributed by atoms with E-state index >= 15 is 0 Å². The van der Waals surface area contributed by atoms with Crippen molar-refractivity contribution in [3.8, 4) is 0 Å². The van der Waals surface area contributed by atoms with E-state index in [-0.39, 0.29) is 12.1 Å². The number of alkyl halides is 1. The normalized spacial score (nSPS) is 18.2. The highest BCUT2D eigenvalue weighted by Crippen LogP contribution is 2.37. The van der Waals surface area contributed by atoms with Crippen molar-refractivity contribution in [1.29, 1.82) is 0 Å². The topological polar surface area (TPSA) is 55.8 Å². The third-order valence-corrected chi connectivity index (χ3v) is 3.84. The molecule has 0 aromatic rings. The first-order valence-electron chi connectivity index (χ1n) is 7.45. The minimum absolute atomic E-state index is 0.200. The minimum Gasteiger partial charge on any atom is -0.466 e. The van der Waals surface area contributed by atoms with Crippen LogP contribution in [0.5, 0.6) is 0 Å². The van der Waals surface area contributed by atoms with Gasteiger partial charge in [0.2, 0.25) is 0 Å². The first-order valence-corrected chi connectivity index (χ1v) is 7.98. The summed E-state index contributed by atoms with van der Waals surface area (Å²) in [7, 11) is 0. The monoisotopic (exact) mass is 319 g/mol. The summed E-state index contributed by atoms with van der Waals surface area (Å²) in [6.07, 6.45) is 1.39. The first-order chi connectivity index (χ1) is 9.74. The van der Waals surface area contributed by atoms with Gasteiger partial charge >= 0.3 is 12.1 Å². The van der Waals surface area contributed by atoms with Gasteiger partial charge in [-0.15, -0.1) is 11.6 Å². The van der Waals surface area contributed by atoms with Crippen LogP contribution in [0.25, 0.3) is 0 Å². The number of hydrogen-bond acceptors (Lipinski definition) is 4. The van der Waals surface area contributed by atoms with Crippen molar-refractivity contribution in [1.82, 2.24) is 4.90 Å². The SMILES string of the molecule is CCOC(=O)C1(CCCl)CCN(C(=O)OC(C)(C)C)CC1. The molecule has 0 aromatic carbocycles. The second kappa shape index (κ2) is 7.34. The van der Waals surface area contributed by atoms with Crippen LogP contribution in [0.1, 0.15) is 47.0 Å². The number of nitrogens with zero attached hydrogens (tertiary/aromatic N) is 1. The third kappa shape index (κ3) is 5.06. The highest BCUT2D eigenvalue weighted by molar-refractivity contribution is 6.18. The summed E-state index contributed by atoms with van der Waals surface area (Å²) < 4.78 is 10.5. The first kappa shape index (κ1) is 18.1. The molecule has 1 rings (SSSR count). The lowest BCUT2D eigenvalue weighted by molar-refractivity contribution is -0.158. The van der Waals surface area contributed by atoms with Gasteiger partial charge in [-0.2, -0.15) is 0 Å². The predicted octanol–water partition coefficient (Wildman–Crippen LogP) is 3.20. The second-order valence-corrected chi connectivity index (χ2v) is 6.79. The summed E-state index contributed by atoms with van der Waals surface area (Å²) in [4.78, 5) is 25.9. The molecule has 0 radical (unpaired) electrons. The Kier molecular flexibility index (Phi) is 6.32. The quantitative estimate of drug-likeness (QED) is 0.590. The molecule has 1 aliphatic rings. The zero-order chi connectivity index (χ0) is 16.1. The Morgan fingerprint density at radius 2 is 1.81 bits per heavy atom. The maximum Gasteiger partial charge on any atom is 0.410 e. The highest BCUT2D eigenvalue weighted by atomic mass is 35.5. The van der Waals surface area contributed by atoms with Crippen molar-refractivity contribution in [2.24, 2.45) is 5.41 Å². The van der Waals surface area contributed by atoms with Crippen molar-refractivity contribution in [2.75, 3.05) is 25.6 Å². The van der Waals surface area contributed by atoms with E-state index in [4.69, 9.17) is 21.1 Å². The lowest BCUT2D eigenvalue weighted by atomic mass is 9.76. The zero-order valence-corrected chi connectivity index (χ0v) is 14.2. The minimum atomic E-state index is -0.559. The molecule has 0 spiro atoms. The van der Waals surface area contributed by atoms with Crippen LogP contribution in [0.4, 0.5) is 4.79 Å². The molecule has 1 heterocycles. The van der Waals surface area contributed by atoms with Gasteiger partial charge in [-0.1, -0.05) is 0 Å². The molecule has 0 aromatic heterocycles. The fourth-order valence-electron chi connectivity index (χ4n) is 2.47. The molecule has 6 heteroatoms. The van der Waals surface area contributed by atoms with Gasteiger partial charge in [-0.3, -0.25) is 4.79 Å². The summed E-state index contributed by atoms with van der Waals surface area (Å²) in [5.74, 6) is 0.208. The van der Waals surface area contributed by atoms with Gasteiger partial charge in [0.15, 0.2) is 0 Å². The molecule has 5 nitrogen and oxygen atoms in total. The van der Waals surface area contributed by atoms with Crippen LogP contribution < -0.4 is 0 Å². The molecule has 21 heavy (non-hydrogen) atoms. The van der Waals surface area contributed by atoms with E-state index in [1.807, 2.05) is 20.8 Å². The molecule has 1 aliphatic heterocycles. The van der Waals surface area contributed by atoms with Crippen LogP contribution in [-0.2, 0) is 14.3 Å². The summed E-state index contributed by atoms with van der Waals surface area (Å²) >= 11 is 5.84. The van der Waals surface area contributed by atoms with Crippen LogP contribution in [-0.4, -0.2) is 48.1 Å². The van der Waals surface area contributed by atoms with Gasteiger partial charge in [0, 0.05) is 19.0 Å². The molecule has 0 bridgehead atoms. The number of carbonyl (C=O) groups excluding carboxylic acids is 2. The molecule has 1 saturated heterocycles. The average molecular weight is 320 g/mol. The Morgan fingerprint density at radius 3 is 2.24 bits per heavy atom. The van der Waals surface area contributed by atoms with Crippen LogP contribution in [0.3, 0.4) is 0 Å². The van der Waals surface area contributed by atoms with Gasteiger partial charge < -0.3 is 14.4 Å². The number of esters is 1. The number of rotatable bonds is 4. The molecule has 1 fully saturated rings. The standard InChI is InChI=1S/C15H26ClNO4/c1-5-20-12(18)15(6-9-16)7-10-17(11-8-15)13(19)21-14(2,3)4/h5-11H2,1-4H3. The largest absolute Gasteiger partial charge is 0.466 e. The van der Waals surface area contributed by atoms with Gasteiger partial charge in [-0.25, -0.2) is 4.79 Å². The van der Waals surface area contributed by atoms with E-state index in [9.17, 15) is 9.59 Å². The number of hydrogen-bond donors (Lipinski definition) is 0. The average Bonchev–Trinajstić information content (AvgIpc) is 2.38. The van der Waals surface area contributed by atoms with Crippen molar-refractivity contribution in [3.05, 3.63) is 0 Å². The Morgan fingerprint density at radius 1 is 1.24 bits per heavy atom. The lowest BCUT2D eigenvalue weighted by Gasteiger charge is -2.39. The van der Waals surface area contributed by atoms with Crippen LogP contribution in [0, 0.1) is 5.41 Å². The zero-order valence-electron chi connectivity index (χ0n) is 13.4. The highest BCUT2D eigenvalue weighted by Gasteiger charge is 2.43. The maximum atomic E-state index is 12.2. The van der Waals surface area contributed by atoms with E-state index in [1.165, 1.54) is 0 Å². The molecule has 0 saturated carbocycles. The molecule has 0 aliphatic carbocycles. The fourth-order valence-corrected chi connectivity index (χ4v) is 2.83. The summed E-state index contributed by atoms with van der Waals surface area (Å²) in [5, 5.41) is 0. The van der Waals surface area contributed by atoms with Gasteiger partial charge in [0.25, 0.3) is 0 Å². The summed E-state index contributed by atoms with van der Waals surface area (Å²) in [6, 6.07) is 0. The lowest BCUT2D eigenvalue weighted by Crippen LogP contribution is -2.48. The van der Waals surface area contributed by atoms with Crippen molar-refractivity contribution < 1.29 is 19.1 Å². The number of carbonyl (C=O) groups is 2. The maximum absolute atomic E-state index is 12.2. The summed E-state index contributed by atoms with van der Waals surface area (Å²) in [5.41, 5.74) is -1.07. The van der Waals surface area contributed by atoms with Crippen molar-refractivity contribution in [2.45, 2.75) is 52.6 Å². The molecule has 0 N–H and O–H groups in total. The molecule has 0 unspecified atom stereocenters. The van der Waals surface area contributed by atoms with Gasteiger partial charge in [-0.05, 0) is 47.0 Å². The smallest absolute Gasteiger partial charge is 0.410 e. The predicted molar refractivity (Wildman–Crippen MR) is 81.4 cm³/mol. The third-order valence-electron chi connectivity index (χ3n) is 3.65. The van der Waals surface area contributed by atoms with Gasteiger partial charge in [0.05, 0.1) is 12.0 Å². The number of likely N-dealkylation sites (tertiary alicyclic amines) is 1. The van der Waals surface area contributed by atoms with Crippen LogP contribution >= 0.6 is 11.6 Å². The van der Waals surface area contributed by atoms with E-state index in [0.29, 0.717) is 44.8 Å². The Hall–Kier alpha value is -0.970. The summed E-state index contributed by atoms with van der Waals surface area (Å²) in [6.45, 7) is 8.65. The number of amides is 1. The Labute approximate surface area is 131 Å². The Bertz CT molecular complexity index is 370. The molecule has 0 atom stereocenters.